The fourth-order valence-electron chi connectivity index (χ4n) is 1.03. The van der Waals surface area contributed by atoms with Crippen LogP contribution in [0.25, 0.3) is 0 Å². The van der Waals surface area contributed by atoms with Crippen LogP contribution in [0, 0.1) is 0 Å². The summed E-state index contributed by atoms with van der Waals surface area (Å²) in [5, 5.41) is 0. The van der Waals surface area contributed by atoms with Crippen LogP contribution < -0.4 is 5.73 Å². The molecule has 0 aliphatic rings. The molecule has 0 aromatic heterocycles. The Hall–Kier alpha value is -0.340. The molecule has 0 saturated carbocycles. The summed E-state index contributed by atoms with van der Waals surface area (Å²) in [5.74, 6) is 0. The molecule has 2 N–H and O–H groups in total. The molecule has 0 spiro atoms. The van der Waals surface area contributed by atoms with E-state index in [1.165, 1.54) is 5.56 Å². The molecule has 1 rings (SSSR count). The van der Waals surface area contributed by atoms with Gasteiger partial charge >= 0.3 is 0 Å². The van der Waals surface area contributed by atoms with Gasteiger partial charge in [0.1, 0.15) is 0 Å². The summed E-state index contributed by atoms with van der Waals surface area (Å²) in [6.45, 7) is 4.15. The van der Waals surface area contributed by atoms with E-state index < -0.39 is 0 Å². The van der Waals surface area contributed by atoms with E-state index >= 15 is 0 Å². The van der Waals surface area contributed by atoms with Gasteiger partial charge in [0.25, 0.3) is 0 Å². The first kappa shape index (κ1) is 9.75. The maximum absolute atomic E-state index is 6.07. The molecular formula is C10H14BrN. The number of benzene rings is 1. The van der Waals surface area contributed by atoms with Crippen LogP contribution in [-0.4, -0.2) is 0 Å². The normalized spacial score (nSPS) is 15.7. The molecule has 1 unspecified atom stereocenters. The molecule has 0 radical (unpaired) electrons. The molecular weight excluding hydrogens is 214 g/mol. The summed E-state index contributed by atoms with van der Waals surface area (Å²) in [7, 11) is 0. The zero-order chi connectivity index (χ0) is 9.19. The Labute approximate surface area is 82.1 Å². The fraction of sp³-hybridized carbons (Fsp3) is 0.400. The Kier molecular flexibility index (Phi) is 2.91. The lowest BCUT2D eigenvalue weighted by atomic mass is 9.91. The molecule has 1 aromatic rings. The highest BCUT2D eigenvalue weighted by molar-refractivity contribution is 9.10. The Bertz CT molecular complexity index is 251. The molecule has 0 aliphatic heterocycles. The number of hydrogen-bond acceptors (Lipinski definition) is 1. The highest BCUT2D eigenvalue weighted by Crippen LogP contribution is 2.22. The van der Waals surface area contributed by atoms with Crippen LogP contribution in [0.1, 0.15) is 25.8 Å². The minimum absolute atomic E-state index is 0.194. The molecule has 0 fully saturated rings. The van der Waals surface area contributed by atoms with Gasteiger partial charge in [-0.3, -0.25) is 0 Å². The Balaban J connectivity index is 2.96. The lowest BCUT2D eigenvalue weighted by molar-refractivity contribution is 0.476. The van der Waals surface area contributed by atoms with Crippen molar-refractivity contribution in [1.29, 1.82) is 0 Å². The van der Waals surface area contributed by atoms with Crippen LogP contribution in [-0.2, 0) is 5.54 Å². The van der Waals surface area contributed by atoms with Crippen molar-refractivity contribution in [2.75, 3.05) is 0 Å². The van der Waals surface area contributed by atoms with Gasteiger partial charge in [0.05, 0.1) is 0 Å². The van der Waals surface area contributed by atoms with E-state index in [2.05, 4.69) is 41.9 Å². The summed E-state index contributed by atoms with van der Waals surface area (Å²) < 4.78 is 1.10. The molecule has 12 heavy (non-hydrogen) atoms. The van der Waals surface area contributed by atoms with Crippen LogP contribution in [0.4, 0.5) is 0 Å². The van der Waals surface area contributed by atoms with Crippen molar-refractivity contribution in [3.8, 4) is 0 Å². The molecule has 0 bridgehead atoms. The summed E-state index contributed by atoms with van der Waals surface area (Å²) in [4.78, 5) is 0. The number of hydrogen-bond donors (Lipinski definition) is 1. The highest BCUT2D eigenvalue weighted by Gasteiger charge is 2.17. The second kappa shape index (κ2) is 3.58. The third-order valence-electron chi connectivity index (χ3n) is 2.24. The van der Waals surface area contributed by atoms with Crippen molar-refractivity contribution in [3.05, 3.63) is 34.3 Å². The highest BCUT2D eigenvalue weighted by atomic mass is 79.9. The molecule has 1 aromatic carbocycles. The molecule has 0 saturated heterocycles. The lowest BCUT2D eigenvalue weighted by Gasteiger charge is -2.23. The van der Waals surface area contributed by atoms with Crippen molar-refractivity contribution >= 4 is 15.9 Å². The third-order valence-corrected chi connectivity index (χ3v) is 2.77. The van der Waals surface area contributed by atoms with Crippen molar-refractivity contribution < 1.29 is 0 Å². The average Bonchev–Trinajstić information content (AvgIpc) is 2.05. The van der Waals surface area contributed by atoms with Crippen LogP contribution >= 0.6 is 15.9 Å². The second-order valence-electron chi connectivity index (χ2n) is 3.28. The van der Waals surface area contributed by atoms with Crippen molar-refractivity contribution in [3.63, 3.8) is 0 Å². The standard InChI is InChI=1S/C10H14BrN/c1-3-10(2,12)8-4-6-9(11)7-5-8/h4-7H,3,12H2,1-2H3. The third kappa shape index (κ3) is 2.08. The smallest absolute Gasteiger partial charge is 0.0378 e. The first-order valence-corrected chi connectivity index (χ1v) is 4.90. The van der Waals surface area contributed by atoms with Crippen molar-refractivity contribution in [1.82, 2.24) is 0 Å². The minimum atomic E-state index is -0.194. The van der Waals surface area contributed by atoms with E-state index in [0.29, 0.717) is 0 Å². The van der Waals surface area contributed by atoms with Crippen LogP contribution in [0.5, 0.6) is 0 Å². The zero-order valence-corrected chi connectivity index (χ0v) is 9.06. The van der Waals surface area contributed by atoms with Crippen LogP contribution in [0.3, 0.4) is 0 Å². The summed E-state index contributed by atoms with van der Waals surface area (Å²) in [6, 6.07) is 8.17. The fourth-order valence-corrected chi connectivity index (χ4v) is 1.30. The molecule has 0 amide bonds. The van der Waals surface area contributed by atoms with E-state index in [1.54, 1.807) is 0 Å². The van der Waals surface area contributed by atoms with Crippen molar-refractivity contribution in [2.45, 2.75) is 25.8 Å². The van der Waals surface area contributed by atoms with Crippen LogP contribution in [0.15, 0.2) is 28.7 Å². The molecule has 2 heteroatoms. The van der Waals surface area contributed by atoms with Crippen LogP contribution in [0.2, 0.25) is 0 Å². The maximum Gasteiger partial charge on any atom is 0.0378 e. The maximum atomic E-state index is 6.07. The van der Waals surface area contributed by atoms with Gasteiger partial charge in [-0.2, -0.15) is 0 Å². The van der Waals surface area contributed by atoms with E-state index in [0.717, 1.165) is 10.9 Å². The topological polar surface area (TPSA) is 26.0 Å². The quantitative estimate of drug-likeness (QED) is 0.827. The SMILES string of the molecule is CCC(C)(N)c1ccc(Br)cc1. The van der Waals surface area contributed by atoms with E-state index in [1.807, 2.05) is 12.1 Å². The monoisotopic (exact) mass is 227 g/mol. The summed E-state index contributed by atoms with van der Waals surface area (Å²) in [6.07, 6.45) is 0.953. The van der Waals surface area contributed by atoms with Gasteiger partial charge in [0.2, 0.25) is 0 Å². The number of halogens is 1. The van der Waals surface area contributed by atoms with Gasteiger partial charge in [-0.15, -0.1) is 0 Å². The molecule has 66 valence electrons. The van der Waals surface area contributed by atoms with E-state index in [9.17, 15) is 0 Å². The molecule has 1 nitrogen and oxygen atoms in total. The first-order chi connectivity index (χ1) is 5.56. The van der Waals surface area contributed by atoms with E-state index in [-0.39, 0.29) is 5.54 Å². The molecule has 1 atom stereocenters. The average molecular weight is 228 g/mol. The Morgan fingerprint density at radius 1 is 1.33 bits per heavy atom. The largest absolute Gasteiger partial charge is 0.322 e. The van der Waals surface area contributed by atoms with Crippen molar-refractivity contribution in [2.24, 2.45) is 5.73 Å². The Morgan fingerprint density at radius 2 is 1.83 bits per heavy atom. The van der Waals surface area contributed by atoms with Gasteiger partial charge in [-0.05, 0) is 31.0 Å². The first-order valence-electron chi connectivity index (χ1n) is 4.11. The molecule has 0 heterocycles. The number of nitrogens with two attached hydrogens (primary N) is 1. The molecule has 0 aliphatic carbocycles. The van der Waals surface area contributed by atoms with Gasteiger partial charge < -0.3 is 5.73 Å². The predicted octanol–water partition coefficient (Wildman–Crippen LogP) is 3.03. The van der Waals surface area contributed by atoms with Gasteiger partial charge in [0, 0.05) is 10.0 Å². The van der Waals surface area contributed by atoms with Gasteiger partial charge in [-0.1, -0.05) is 35.0 Å². The minimum Gasteiger partial charge on any atom is -0.322 e. The summed E-state index contributed by atoms with van der Waals surface area (Å²) >= 11 is 3.39. The number of rotatable bonds is 2. The van der Waals surface area contributed by atoms with E-state index in [4.69, 9.17) is 5.73 Å². The lowest BCUT2D eigenvalue weighted by Crippen LogP contribution is -2.31. The predicted molar refractivity (Wildman–Crippen MR) is 56.0 cm³/mol. The van der Waals surface area contributed by atoms with Gasteiger partial charge in [-0.25, -0.2) is 0 Å². The zero-order valence-electron chi connectivity index (χ0n) is 7.47. The van der Waals surface area contributed by atoms with Gasteiger partial charge in [0.15, 0.2) is 0 Å². The summed E-state index contributed by atoms with van der Waals surface area (Å²) in [5.41, 5.74) is 7.07. The second-order valence-corrected chi connectivity index (χ2v) is 4.19. The Morgan fingerprint density at radius 3 is 2.25 bits per heavy atom.